The maximum Gasteiger partial charge on any atom is 0.260 e. The lowest BCUT2D eigenvalue weighted by molar-refractivity contribution is -0.0441. The average molecular weight is 299 g/mol. The minimum atomic E-state index is -3.54. The van der Waals surface area contributed by atoms with Gasteiger partial charge < -0.3 is 10.1 Å². The number of sulfonamides is 1. The minimum Gasteiger partial charge on any atom is -0.373 e. The van der Waals surface area contributed by atoms with Crippen LogP contribution in [0.5, 0.6) is 0 Å². The fraction of sp³-hybridized carbons (Fsp3) is 0.615. The van der Waals surface area contributed by atoms with Crippen LogP contribution in [0.15, 0.2) is 23.4 Å². The second-order valence-electron chi connectivity index (χ2n) is 5.11. The van der Waals surface area contributed by atoms with Crippen LogP contribution in [0.1, 0.15) is 19.4 Å². The van der Waals surface area contributed by atoms with Crippen molar-refractivity contribution in [1.82, 2.24) is 14.6 Å². The minimum absolute atomic E-state index is 0.0960. The molecule has 0 saturated carbocycles. The number of rotatable bonds is 4. The molecule has 1 saturated heterocycles. The number of nitrogens with one attached hydrogen (secondary N) is 1. The Hall–Kier alpha value is -1.02. The fourth-order valence-corrected chi connectivity index (χ4v) is 3.83. The third-order valence-corrected chi connectivity index (χ3v) is 4.92. The van der Waals surface area contributed by atoms with Crippen LogP contribution in [0.25, 0.3) is 0 Å². The molecule has 0 aromatic carbocycles. The molecule has 1 aliphatic heterocycles. The summed E-state index contributed by atoms with van der Waals surface area (Å²) in [6.45, 7) is 5.15. The first-order chi connectivity index (χ1) is 9.43. The van der Waals surface area contributed by atoms with Crippen LogP contribution in [-0.2, 0) is 21.3 Å². The highest BCUT2D eigenvalue weighted by Crippen LogP contribution is 2.19. The maximum absolute atomic E-state index is 12.5. The molecule has 2 heterocycles. The van der Waals surface area contributed by atoms with Crippen LogP contribution in [-0.4, -0.2) is 50.1 Å². The van der Waals surface area contributed by atoms with Crippen molar-refractivity contribution in [2.45, 2.75) is 37.6 Å². The first kappa shape index (κ1) is 15.4. The molecule has 2 unspecified atom stereocenters. The van der Waals surface area contributed by atoms with Gasteiger partial charge in [0.2, 0.25) is 0 Å². The number of nitrogens with zero attached hydrogens (tertiary/aromatic N) is 2. The highest BCUT2D eigenvalue weighted by atomic mass is 32.2. The summed E-state index contributed by atoms with van der Waals surface area (Å²) in [5.74, 6) is 0. The highest BCUT2D eigenvalue weighted by molar-refractivity contribution is 7.89. The van der Waals surface area contributed by atoms with E-state index in [1.165, 1.54) is 4.31 Å². The van der Waals surface area contributed by atoms with Crippen LogP contribution < -0.4 is 5.32 Å². The Morgan fingerprint density at radius 1 is 1.35 bits per heavy atom. The number of ether oxygens (including phenoxy) is 1. The number of aromatic nitrogens is 1. The molecule has 0 bridgehead atoms. The zero-order valence-electron chi connectivity index (χ0n) is 12.0. The summed E-state index contributed by atoms with van der Waals surface area (Å²) in [5.41, 5.74) is 0.954. The van der Waals surface area contributed by atoms with Gasteiger partial charge in [-0.15, -0.1) is 0 Å². The van der Waals surface area contributed by atoms with E-state index < -0.39 is 10.0 Å². The molecule has 7 heteroatoms. The largest absolute Gasteiger partial charge is 0.373 e. The van der Waals surface area contributed by atoms with E-state index in [1.54, 1.807) is 18.3 Å². The van der Waals surface area contributed by atoms with Gasteiger partial charge in [-0.05, 0) is 32.5 Å². The maximum atomic E-state index is 12.5. The van der Waals surface area contributed by atoms with Crippen molar-refractivity contribution in [2.24, 2.45) is 0 Å². The van der Waals surface area contributed by atoms with Crippen molar-refractivity contribution in [2.75, 3.05) is 20.1 Å². The predicted molar refractivity (Wildman–Crippen MR) is 75.8 cm³/mol. The van der Waals surface area contributed by atoms with Crippen molar-refractivity contribution >= 4 is 10.0 Å². The molecule has 112 valence electrons. The summed E-state index contributed by atoms with van der Waals surface area (Å²) in [6.07, 6.45) is 1.39. The van der Waals surface area contributed by atoms with Crippen LogP contribution in [0, 0.1) is 0 Å². The number of morpholine rings is 1. The molecular formula is C13H21N3O3S. The third-order valence-electron chi connectivity index (χ3n) is 3.17. The second-order valence-corrected chi connectivity index (χ2v) is 7.00. The lowest BCUT2D eigenvalue weighted by Gasteiger charge is -2.34. The van der Waals surface area contributed by atoms with E-state index in [-0.39, 0.29) is 17.2 Å². The predicted octanol–water partition coefficient (Wildman–Crippen LogP) is 0.599. The Morgan fingerprint density at radius 3 is 2.50 bits per heavy atom. The Labute approximate surface area is 120 Å². The zero-order chi connectivity index (χ0) is 14.8. The quantitative estimate of drug-likeness (QED) is 0.881. The lowest BCUT2D eigenvalue weighted by atomic mass is 10.3. The topological polar surface area (TPSA) is 71.5 Å². The third kappa shape index (κ3) is 3.35. The van der Waals surface area contributed by atoms with Crippen LogP contribution in [0.3, 0.4) is 0 Å². The first-order valence-electron chi connectivity index (χ1n) is 6.68. The van der Waals surface area contributed by atoms with E-state index >= 15 is 0 Å². The van der Waals surface area contributed by atoms with Gasteiger partial charge in [-0.25, -0.2) is 13.4 Å². The van der Waals surface area contributed by atoms with Crippen molar-refractivity contribution in [3.63, 3.8) is 0 Å². The molecule has 1 aliphatic rings. The molecule has 2 rings (SSSR count). The van der Waals surface area contributed by atoms with Gasteiger partial charge in [0.05, 0.1) is 12.2 Å². The second kappa shape index (κ2) is 6.17. The molecule has 2 atom stereocenters. The summed E-state index contributed by atoms with van der Waals surface area (Å²) in [7, 11) is -1.70. The highest BCUT2D eigenvalue weighted by Gasteiger charge is 2.32. The van der Waals surface area contributed by atoms with Gasteiger partial charge in [0.15, 0.2) is 5.03 Å². The van der Waals surface area contributed by atoms with E-state index in [0.717, 1.165) is 5.56 Å². The number of hydrogen-bond donors (Lipinski definition) is 1. The molecule has 1 aromatic heterocycles. The summed E-state index contributed by atoms with van der Waals surface area (Å²) in [5, 5.41) is 3.10. The Morgan fingerprint density at radius 2 is 2.00 bits per heavy atom. The van der Waals surface area contributed by atoms with Gasteiger partial charge >= 0.3 is 0 Å². The SMILES string of the molecule is CNCc1ccc(S(=O)(=O)N2CC(C)OC(C)C2)nc1. The summed E-state index contributed by atoms with van der Waals surface area (Å²) >= 11 is 0. The molecule has 0 aliphatic carbocycles. The van der Waals surface area contributed by atoms with Crippen LogP contribution >= 0.6 is 0 Å². The van der Waals surface area contributed by atoms with Crippen molar-refractivity contribution in [3.05, 3.63) is 23.9 Å². The Balaban J connectivity index is 2.21. The first-order valence-corrected chi connectivity index (χ1v) is 8.12. The monoisotopic (exact) mass is 299 g/mol. The lowest BCUT2D eigenvalue weighted by Crippen LogP contribution is -2.48. The molecule has 20 heavy (non-hydrogen) atoms. The van der Waals surface area contributed by atoms with Gasteiger partial charge in [-0.1, -0.05) is 6.07 Å². The molecule has 1 fully saturated rings. The van der Waals surface area contributed by atoms with Crippen molar-refractivity contribution in [1.29, 1.82) is 0 Å². The fourth-order valence-electron chi connectivity index (χ4n) is 2.33. The normalized spacial score (nSPS) is 24.8. The van der Waals surface area contributed by atoms with E-state index in [9.17, 15) is 8.42 Å². The van der Waals surface area contributed by atoms with E-state index in [4.69, 9.17) is 4.74 Å². The molecule has 0 spiro atoms. The molecule has 6 nitrogen and oxygen atoms in total. The number of pyridine rings is 1. The van der Waals surface area contributed by atoms with Crippen molar-refractivity contribution < 1.29 is 13.2 Å². The van der Waals surface area contributed by atoms with E-state index in [1.807, 2.05) is 20.9 Å². The zero-order valence-corrected chi connectivity index (χ0v) is 12.9. The van der Waals surface area contributed by atoms with Gasteiger partial charge in [0.25, 0.3) is 10.0 Å². The molecule has 0 amide bonds. The average Bonchev–Trinajstić information content (AvgIpc) is 2.38. The molecular weight excluding hydrogens is 278 g/mol. The smallest absolute Gasteiger partial charge is 0.260 e. The Kier molecular flexibility index (Phi) is 4.74. The van der Waals surface area contributed by atoms with Crippen LogP contribution in [0.2, 0.25) is 0 Å². The summed E-state index contributed by atoms with van der Waals surface area (Å²) < 4.78 is 32.1. The standard InChI is InChI=1S/C13H21N3O3S/c1-10-8-16(9-11(2)19-10)20(17,18)13-5-4-12(6-14-3)7-15-13/h4-5,7,10-11,14H,6,8-9H2,1-3H3. The van der Waals surface area contributed by atoms with Crippen LogP contribution in [0.4, 0.5) is 0 Å². The molecule has 1 aromatic rings. The van der Waals surface area contributed by atoms with Gasteiger partial charge in [0.1, 0.15) is 0 Å². The number of hydrogen-bond acceptors (Lipinski definition) is 5. The van der Waals surface area contributed by atoms with E-state index in [2.05, 4.69) is 10.3 Å². The summed E-state index contributed by atoms with van der Waals surface area (Å²) in [4.78, 5) is 4.08. The Bertz CT molecular complexity index is 534. The summed E-state index contributed by atoms with van der Waals surface area (Å²) in [6, 6.07) is 3.34. The van der Waals surface area contributed by atoms with Gasteiger partial charge in [0, 0.05) is 25.8 Å². The van der Waals surface area contributed by atoms with E-state index in [0.29, 0.717) is 19.6 Å². The van der Waals surface area contributed by atoms with Gasteiger partial charge in [-0.3, -0.25) is 0 Å². The van der Waals surface area contributed by atoms with Gasteiger partial charge in [-0.2, -0.15) is 4.31 Å². The molecule has 0 radical (unpaired) electrons. The molecule has 1 N–H and O–H groups in total. The van der Waals surface area contributed by atoms with Crippen molar-refractivity contribution in [3.8, 4) is 0 Å².